The van der Waals surface area contributed by atoms with Crippen LogP contribution in [0.2, 0.25) is 0 Å². The average Bonchev–Trinajstić information content (AvgIpc) is 3.82. The van der Waals surface area contributed by atoms with Crippen LogP contribution in [0.15, 0.2) is 35.6 Å². The lowest BCUT2D eigenvalue weighted by atomic mass is 9.99. The minimum Gasteiger partial charge on any atom is -0.371 e. The van der Waals surface area contributed by atoms with E-state index in [-0.39, 0.29) is 0 Å². The molecule has 4 aromatic rings. The van der Waals surface area contributed by atoms with Crippen molar-refractivity contribution in [3.63, 3.8) is 0 Å². The molecule has 0 atom stereocenters. The van der Waals surface area contributed by atoms with Crippen LogP contribution in [0.25, 0.3) is 44.2 Å². The maximum atomic E-state index is 5.49. The summed E-state index contributed by atoms with van der Waals surface area (Å²) in [6.45, 7) is 25.6. The predicted molar refractivity (Wildman–Crippen MR) is 208 cm³/mol. The van der Waals surface area contributed by atoms with Gasteiger partial charge in [-0.15, -0.1) is 0 Å². The molecular weight excluding hydrogens is 589 g/mol. The summed E-state index contributed by atoms with van der Waals surface area (Å²) in [5, 5.41) is 4.37. The standard InChI is InChI=1S/C42H58N6/c1-11-20-21-43-25(10)44-42-40-32(18-8)30(16-6)38(47-40)23-36-28(14-4)26(12-2)34(45-36)22-35-27(13-3)29(15-5)37(46-35)24-39-31(17-7)33(19-9)41(42)48-39/h22-24,43,45-47H,10-21H2,1-9H3. The van der Waals surface area contributed by atoms with Crippen LogP contribution in [0.4, 0.5) is 0 Å². The van der Waals surface area contributed by atoms with Gasteiger partial charge in [-0.3, -0.25) is 0 Å². The van der Waals surface area contributed by atoms with Crippen molar-refractivity contribution in [2.75, 3.05) is 6.54 Å². The van der Waals surface area contributed by atoms with E-state index in [0.29, 0.717) is 5.82 Å². The van der Waals surface area contributed by atoms with Gasteiger partial charge in [-0.2, -0.15) is 0 Å². The summed E-state index contributed by atoms with van der Waals surface area (Å²) in [5.74, 6) is 0.682. The first-order chi connectivity index (χ1) is 23.3. The highest BCUT2D eigenvalue weighted by molar-refractivity contribution is 5.94. The molecule has 0 radical (unpaired) electrons. The Balaban J connectivity index is 2.11. The highest BCUT2D eigenvalue weighted by atomic mass is 15.0. The van der Waals surface area contributed by atoms with Gasteiger partial charge in [0.15, 0.2) is 0 Å². The number of hydrogen-bond acceptors (Lipinski definition) is 3. The van der Waals surface area contributed by atoms with Gasteiger partial charge in [0, 0.05) is 34.1 Å². The van der Waals surface area contributed by atoms with E-state index in [1.807, 2.05) is 0 Å². The molecule has 0 saturated carbocycles. The molecule has 0 amide bonds. The number of hydrogen-bond donors (Lipinski definition) is 4. The Kier molecular flexibility index (Phi) is 11.3. The SMILES string of the molecule is C=C(N=c1c2nc(cc3[nH]c(cc4[nH]c(cc5[nH]c1c(CC)c5CC)c(CC)c4CC)c(CC)c3CC)C(CC)=C2CC)NCCCC. The van der Waals surface area contributed by atoms with E-state index in [9.17, 15) is 0 Å². The topological polar surface area (TPSA) is 84.7 Å². The van der Waals surface area contributed by atoms with Crippen LogP contribution in [0.3, 0.4) is 0 Å². The average molecular weight is 647 g/mol. The first-order valence-corrected chi connectivity index (χ1v) is 18.8. The Morgan fingerprint density at radius 1 is 0.604 bits per heavy atom. The van der Waals surface area contributed by atoms with E-state index in [4.69, 9.17) is 9.98 Å². The van der Waals surface area contributed by atoms with Crippen molar-refractivity contribution < 1.29 is 0 Å². The van der Waals surface area contributed by atoms with Crippen LogP contribution < -0.4 is 10.7 Å². The third kappa shape index (κ3) is 6.38. The van der Waals surface area contributed by atoms with Crippen molar-refractivity contribution in [3.8, 4) is 0 Å². The van der Waals surface area contributed by atoms with Crippen molar-refractivity contribution >= 4 is 44.2 Å². The summed E-state index contributed by atoms with van der Waals surface area (Å²) in [4.78, 5) is 22.5. The fourth-order valence-electron chi connectivity index (χ4n) is 7.95. The molecule has 1 aliphatic rings. The van der Waals surface area contributed by atoms with Crippen molar-refractivity contribution in [2.45, 2.75) is 127 Å². The predicted octanol–water partition coefficient (Wildman–Crippen LogP) is 10.4. The summed E-state index contributed by atoms with van der Waals surface area (Å²) in [6, 6.07) is 7.01. The maximum absolute atomic E-state index is 5.49. The molecule has 4 N–H and O–H groups in total. The summed E-state index contributed by atoms with van der Waals surface area (Å²) >= 11 is 0. The van der Waals surface area contributed by atoms with Gasteiger partial charge in [0.1, 0.15) is 11.2 Å². The number of aromatic nitrogens is 4. The van der Waals surface area contributed by atoms with Crippen LogP contribution in [-0.2, 0) is 38.5 Å². The molecule has 0 saturated heterocycles. The number of nitrogens with one attached hydrogen (secondary N) is 4. The molecule has 5 heterocycles. The molecule has 0 unspecified atom stereocenters. The van der Waals surface area contributed by atoms with E-state index >= 15 is 0 Å². The second-order valence-corrected chi connectivity index (χ2v) is 12.9. The lowest BCUT2D eigenvalue weighted by molar-refractivity contribution is 0.704. The summed E-state index contributed by atoms with van der Waals surface area (Å²) in [7, 11) is 0. The summed E-state index contributed by atoms with van der Waals surface area (Å²) in [5.41, 5.74) is 19.7. The zero-order chi connectivity index (χ0) is 34.5. The van der Waals surface area contributed by atoms with Crippen molar-refractivity contribution in [2.24, 2.45) is 4.99 Å². The monoisotopic (exact) mass is 646 g/mol. The van der Waals surface area contributed by atoms with Gasteiger partial charge in [0.05, 0.1) is 16.9 Å². The second-order valence-electron chi connectivity index (χ2n) is 12.9. The Morgan fingerprint density at radius 3 is 1.52 bits per heavy atom. The van der Waals surface area contributed by atoms with Gasteiger partial charge < -0.3 is 20.3 Å². The molecule has 1 aliphatic heterocycles. The third-order valence-corrected chi connectivity index (χ3v) is 10.3. The van der Waals surface area contributed by atoms with E-state index in [1.165, 1.54) is 61.1 Å². The Hall–Kier alpha value is -4.06. The molecule has 0 aromatic carbocycles. The third-order valence-electron chi connectivity index (χ3n) is 10.3. The smallest absolute Gasteiger partial charge is 0.119 e. The zero-order valence-corrected chi connectivity index (χ0v) is 31.1. The first-order valence-electron chi connectivity index (χ1n) is 18.8. The lowest BCUT2D eigenvalue weighted by Crippen LogP contribution is -2.18. The number of aromatic amines is 3. The van der Waals surface area contributed by atoms with Crippen LogP contribution >= 0.6 is 0 Å². The number of H-pyrrole nitrogens is 3. The van der Waals surface area contributed by atoms with Crippen LogP contribution in [0, 0.1) is 0 Å². The van der Waals surface area contributed by atoms with Gasteiger partial charge in [-0.05, 0) is 121 Å². The molecule has 256 valence electrons. The lowest BCUT2D eigenvalue weighted by Gasteiger charge is -2.07. The molecule has 4 aromatic heterocycles. The number of fused-ring (bicyclic) bond motifs is 8. The fraction of sp³-hybridized carbons (Fsp3) is 0.476. The Morgan fingerprint density at radius 2 is 1.06 bits per heavy atom. The van der Waals surface area contributed by atoms with Crippen LogP contribution in [0.1, 0.15) is 133 Å². The van der Waals surface area contributed by atoms with Gasteiger partial charge in [0.2, 0.25) is 0 Å². The van der Waals surface area contributed by atoms with E-state index in [1.54, 1.807) is 0 Å². The number of nitrogens with zero attached hydrogens (tertiary/aromatic N) is 2. The van der Waals surface area contributed by atoms with Gasteiger partial charge in [-0.1, -0.05) is 75.3 Å². The molecule has 5 rings (SSSR count). The van der Waals surface area contributed by atoms with Crippen molar-refractivity contribution in [1.82, 2.24) is 25.3 Å². The number of allylic oxidation sites excluding steroid dienone is 2. The minimum atomic E-state index is 0.682. The largest absolute Gasteiger partial charge is 0.371 e. The first kappa shape index (κ1) is 35.3. The van der Waals surface area contributed by atoms with Crippen LogP contribution in [0.5, 0.6) is 0 Å². The summed E-state index contributed by atoms with van der Waals surface area (Å²) in [6.07, 6.45) is 9.67. The summed E-state index contributed by atoms with van der Waals surface area (Å²) < 4.78 is 0. The molecule has 0 aliphatic carbocycles. The van der Waals surface area contributed by atoms with E-state index in [2.05, 4.69) is 107 Å². The molecule has 6 nitrogen and oxygen atoms in total. The molecule has 6 heteroatoms. The van der Waals surface area contributed by atoms with Crippen LogP contribution in [-0.4, -0.2) is 26.5 Å². The van der Waals surface area contributed by atoms with Gasteiger partial charge >= 0.3 is 0 Å². The molecule has 0 spiro atoms. The Bertz CT molecular complexity index is 2040. The van der Waals surface area contributed by atoms with Gasteiger partial charge in [0.25, 0.3) is 0 Å². The number of aryl methyl sites for hydroxylation is 6. The highest BCUT2D eigenvalue weighted by Crippen LogP contribution is 2.35. The molecule has 0 fully saturated rings. The van der Waals surface area contributed by atoms with E-state index in [0.717, 1.165) is 104 Å². The maximum Gasteiger partial charge on any atom is 0.119 e. The van der Waals surface area contributed by atoms with Crippen molar-refractivity contribution in [1.29, 1.82) is 0 Å². The van der Waals surface area contributed by atoms with Crippen molar-refractivity contribution in [3.05, 3.63) is 80.7 Å². The normalized spacial score (nSPS) is 12.9. The van der Waals surface area contributed by atoms with Gasteiger partial charge in [-0.25, -0.2) is 9.98 Å². The quantitative estimate of drug-likeness (QED) is 0.109. The molecule has 8 bridgehead atoms. The zero-order valence-electron chi connectivity index (χ0n) is 31.1. The molecule has 48 heavy (non-hydrogen) atoms. The molecular formula is C42H58N6. The second kappa shape index (κ2) is 15.4. The van der Waals surface area contributed by atoms with E-state index < -0.39 is 0 Å². The fourth-order valence-corrected chi connectivity index (χ4v) is 7.95. The highest BCUT2D eigenvalue weighted by Gasteiger charge is 2.22. The number of rotatable bonds is 13. The minimum absolute atomic E-state index is 0.682. The Labute approximate surface area is 287 Å². The number of unbranched alkanes of at least 4 members (excludes halogenated alkanes) is 1.